The molecule has 0 amide bonds. The molecule has 0 aliphatic carbocycles. The van der Waals surface area contributed by atoms with Gasteiger partial charge in [-0.15, -0.1) is 0 Å². The minimum Gasteiger partial charge on any atom is -0.477 e. The highest BCUT2D eigenvalue weighted by Gasteiger charge is 2.29. The first-order valence-corrected chi connectivity index (χ1v) is 6.63. The van der Waals surface area contributed by atoms with Gasteiger partial charge in [0.1, 0.15) is 5.56 Å². The Morgan fingerprint density at radius 3 is 1.89 bits per heavy atom. The Hall–Kier alpha value is -0.630. The van der Waals surface area contributed by atoms with Crippen molar-refractivity contribution in [3.8, 4) is 0 Å². The summed E-state index contributed by atoms with van der Waals surface area (Å²) in [4.78, 5) is 10.1. The van der Waals surface area contributed by atoms with Crippen molar-refractivity contribution < 1.29 is 27.5 Å². The third-order valence-corrected chi connectivity index (χ3v) is 4.46. The molecule has 1 N–H and O–H groups in total. The maximum absolute atomic E-state index is 13.5. The molecule has 0 saturated carbocycles. The van der Waals surface area contributed by atoms with Crippen LogP contribution in [0.25, 0.3) is 0 Å². The van der Waals surface area contributed by atoms with E-state index in [1.807, 2.05) is 0 Å². The third kappa shape index (κ3) is 2.85. The van der Waals surface area contributed by atoms with Crippen molar-refractivity contribution in [1.29, 1.82) is 0 Å². The lowest BCUT2D eigenvalue weighted by molar-refractivity contribution is 0.0683. The second-order valence-electron chi connectivity index (χ2n) is 3.37. The second-order valence-corrected chi connectivity index (χ2v) is 5.31. The van der Waals surface area contributed by atoms with Crippen LogP contribution in [-0.2, 0) is 6.42 Å². The molecule has 0 bridgehead atoms. The molecular formula is C10H6Br2F4O2. The zero-order valence-electron chi connectivity index (χ0n) is 8.61. The number of alkyl halides is 2. The van der Waals surface area contributed by atoms with E-state index in [2.05, 4.69) is 31.9 Å². The lowest BCUT2D eigenvalue weighted by Gasteiger charge is -2.11. The number of halogens is 6. The number of benzene rings is 1. The van der Waals surface area contributed by atoms with Crippen LogP contribution < -0.4 is 0 Å². The molecule has 1 rings (SSSR count). The van der Waals surface area contributed by atoms with Gasteiger partial charge in [-0.25, -0.2) is 22.4 Å². The number of carboxylic acids is 1. The van der Waals surface area contributed by atoms with Gasteiger partial charge in [-0.05, 0) is 6.42 Å². The topological polar surface area (TPSA) is 37.3 Å². The zero-order chi connectivity index (χ0) is 14.0. The Labute approximate surface area is 116 Å². The molecule has 100 valence electrons. The van der Waals surface area contributed by atoms with E-state index in [0.29, 0.717) is 5.33 Å². The molecule has 0 unspecified atom stereocenters. The van der Waals surface area contributed by atoms with E-state index >= 15 is 0 Å². The lowest BCUT2D eigenvalue weighted by Crippen LogP contribution is -2.16. The Morgan fingerprint density at radius 2 is 1.56 bits per heavy atom. The first-order valence-electron chi connectivity index (χ1n) is 4.59. The maximum atomic E-state index is 13.5. The predicted octanol–water partition coefficient (Wildman–Crippen LogP) is 3.64. The van der Waals surface area contributed by atoms with Gasteiger partial charge in [0.15, 0.2) is 23.3 Å². The molecule has 2 nitrogen and oxygen atoms in total. The number of hydrogen-bond donors (Lipinski definition) is 1. The monoisotopic (exact) mass is 392 g/mol. The minimum absolute atomic E-state index is 0.301. The van der Waals surface area contributed by atoms with Gasteiger partial charge >= 0.3 is 5.97 Å². The molecule has 1 atom stereocenters. The average Bonchev–Trinajstić information content (AvgIpc) is 2.31. The summed E-state index contributed by atoms with van der Waals surface area (Å²) in [5.74, 6) is -9.23. The number of rotatable bonds is 4. The summed E-state index contributed by atoms with van der Waals surface area (Å²) in [5.41, 5.74) is -2.45. The van der Waals surface area contributed by atoms with Gasteiger partial charge in [0.2, 0.25) is 0 Å². The van der Waals surface area contributed by atoms with Crippen molar-refractivity contribution >= 4 is 37.8 Å². The zero-order valence-corrected chi connectivity index (χ0v) is 11.8. The van der Waals surface area contributed by atoms with Gasteiger partial charge in [-0.3, -0.25) is 0 Å². The lowest BCUT2D eigenvalue weighted by atomic mass is 10.0. The Kier molecular flexibility index (Phi) is 5.15. The molecule has 1 aromatic carbocycles. The maximum Gasteiger partial charge on any atom is 0.341 e. The van der Waals surface area contributed by atoms with E-state index in [1.165, 1.54) is 0 Å². The molecule has 0 aliphatic rings. The van der Waals surface area contributed by atoms with E-state index in [4.69, 9.17) is 5.11 Å². The summed E-state index contributed by atoms with van der Waals surface area (Å²) in [6.07, 6.45) is -0.323. The van der Waals surface area contributed by atoms with Crippen molar-refractivity contribution in [2.24, 2.45) is 0 Å². The average molecular weight is 394 g/mol. The number of hydrogen-bond acceptors (Lipinski definition) is 1. The Bertz CT molecular complexity index is 464. The van der Waals surface area contributed by atoms with Gasteiger partial charge in [0, 0.05) is 15.7 Å². The van der Waals surface area contributed by atoms with Crippen molar-refractivity contribution in [3.63, 3.8) is 0 Å². The fourth-order valence-corrected chi connectivity index (χ4v) is 1.87. The van der Waals surface area contributed by atoms with Crippen LogP contribution in [0.1, 0.15) is 15.9 Å². The van der Waals surface area contributed by atoms with Crippen LogP contribution in [0.4, 0.5) is 17.6 Å². The normalized spacial score (nSPS) is 12.6. The van der Waals surface area contributed by atoms with Crippen molar-refractivity contribution in [2.45, 2.75) is 11.2 Å². The SMILES string of the molecule is O=C(O)c1c(F)c(F)c(C[C@H](Br)CBr)c(F)c1F. The van der Waals surface area contributed by atoms with Crippen LogP contribution in [0.5, 0.6) is 0 Å². The van der Waals surface area contributed by atoms with E-state index in [0.717, 1.165) is 0 Å². The van der Waals surface area contributed by atoms with Gasteiger partial charge in [0.25, 0.3) is 0 Å². The van der Waals surface area contributed by atoms with Gasteiger partial charge in [-0.2, -0.15) is 0 Å². The standard InChI is InChI=1S/C10H6Br2F4O2/c11-2-3(12)1-4-6(13)8(15)5(10(17)18)9(16)7(4)14/h3H,1-2H2,(H,17,18)/t3-/m0/s1. The highest BCUT2D eigenvalue weighted by molar-refractivity contribution is 9.12. The smallest absolute Gasteiger partial charge is 0.341 e. The molecule has 0 radical (unpaired) electrons. The molecular weight excluding hydrogens is 388 g/mol. The highest BCUT2D eigenvalue weighted by atomic mass is 79.9. The molecule has 0 fully saturated rings. The summed E-state index contributed by atoms with van der Waals surface area (Å²) in [5, 5.41) is 8.79. The molecule has 0 saturated heterocycles. The van der Waals surface area contributed by atoms with Crippen molar-refractivity contribution in [1.82, 2.24) is 0 Å². The molecule has 1 aromatic rings. The number of carbonyl (C=O) groups is 1. The first-order chi connectivity index (χ1) is 8.31. The minimum atomic E-state index is -2.06. The molecule has 18 heavy (non-hydrogen) atoms. The van der Waals surface area contributed by atoms with Crippen LogP contribution in [0.15, 0.2) is 0 Å². The Balaban J connectivity index is 3.43. The highest BCUT2D eigenvalue weighted by Crippen LogP contribution is 2.26. The van der Waals surface area contributed by atoms with Crippen LogP contribution in [-0.4, -0.2) is 21.2 Å². The van der Waals surface area contributed by atoms with Crippen LogP contribution >= 0.6 is 31.9 Å². The predicted molar refractivity (Wildman–Crippen MR) is 63.4 cm³/mol. The summed E-state index contributed by atoms with van der Waals surface area (Å²) >= 11 is 6.06. The summed E-state index contributed by atoms with van der Waals surface area (Å²) in [7, 11) is 0. The molecule has 8 heteroatoms. The number of aromatic carboxylic acids is 1. The quantitative estimate of drug-likeness (QED) is 0.481. The second kappa shape index (κ2) is 6.01. The summed E-state index contributed by atoms with van der Waals surface area (Å²) in [6.45, 7) is 0. The van der Waals surface area contributed by atoms with E-state index < -0.39 is 45.2 Å². The van der Waals surface area contributed by atoms with Crippen LogP contribution in [0.2, 0.25) is 0 Å². The molecule has 0 spiro atoms. The first kappa shape index (κ1) is 15.4. The van der Waals surface area contributed by atoms with E-state index in [1.54, 1.807) is 0 Å². The van der Waals surface area contributed by atoms with Crippen LogP contribution in [0, 0.1) is 23.3 Å². The largest absolute Gasteiger partial charge is 0.477 e. The summed E-state index contributed by atoms with van der Waals surface area (Å²) < 4.78 is 53.6. The van der Waals surface area contributed by atoms with Crippen LogP contribution in [0.3, 0.4) is 0 Å². The number of carboxylic acid groups (broad SMARTS) is 1. The fraction of sp³-hybridized carbons (Fsp3) is 0.300. The molecule has 0 aromatic heterocycles. The van der Waals surface area contributed by atoms with Crippen molar-refractivity contribution in [2.75, 3.05) is 5.33 Å². The molecule has 0 heterocycles. The van der Waals surface area contributed by atoms with Gasteiger partial charge < -0.3 is 5.11 Å². The van der Waals surface area contributed by atoms with Crippen molar-refractivity contribution in [3.05, 3.63) is 34.4 Å². The fourth-order valence-electron chi connectivity index (χ4n) is 1.32. The summed E-state index contributed by atoms with van der Waals surface area (Å²) in [6, 6.07) is 0. The molecule has 0 aliphatic heterocycles. The Morgan fingerprint density at radius 1 is 1.11 bits per heavy atom. The third-order valence-electron chi connectivity index (χ3n) is 2.16. The van der Waals surface area contributed by atoms with E-state index in [-0.39, 0.29) is 6.42 Å². The van der Waals surface area contributed by atoms with Gasteiger partial charge in [-0.1, -0.05) is 31.9 Å². The van der Waals surface area contributed by atoms with Gasteiger partial charge in [0.05, 0.1) is 0 Å². The van der Waals surface area contributed by atoms with E-state index in [9.17, 15) is 22.4 Å².